The minimum atomic E-state index is -0.0968. The summed E-state index contributed by atoms with van der Waals surface area (Å²) in [7, 11) is 3.39. The fraction of sp³-hybridized carbons (Fsp3) is 0.579. The van der Waals surface area contributed by atoms with Gasteiger partial charge in [0, 0.05) is 20.3 Å². The molecule has 0 heterocycles. The molecule has 0 fully saturated rings. The van der Waals surface area contributed by atoms with Gasteiger partial charge in [-0.15, -0.1) is 0 Å². The molecule has 0 aliphatic heterocycles. The molecule has 140 valence electrons. The van der Waals surface area contributed by atoms with E-state index in [2.05, 4.69) is 36.6 Å². The molecule has 0 spiro atoms. The van der Waals surface area contributed by atoms with Gasteiger partial charge in [0.25, 0.3) is 0 Å². The first-order valence-corrected chi connectivity index (χ1v) is 8.64. The summed E-state index contributed by atoms with van der Waals surface area (Å²) in [5.41, 5.74) is 3.52. The summed E-state index contributed by atoms with van der Waals surface area (Å²) in [6, 6.07) is 6.12. The maximum absolute atomic E-state index is 12.2. The van der Waals surface area contributed by atoms with E-state index in [1.807, 2.05) is 13.0 Å². The summed E-state index contributed by atoms with van der Waals surface area (Å²) < 4.78 is 4.93. The minimum absolute atomic E-state index is 0.0666. The lowest BCUT2D eigenvalue weighted by Crippen LogP contribution is -2.41. The van der Waals surface area contributed by atoms with E-state index < -0.39 is 0 Å². The second-order valence-corrected chi connectivity index (χ2v) is 6.50. The molecule has 1 aromatic rings. The number of aryl methyl sites for hydroxylation is 2. The van der Waals surface area contributed by atoms with Crippen molar-refractivity contribution in [1.29, 1.82) is 0 Å². The van der Waals surface area contributed by atoms with Crippen LogP contribution in [0.4, 0.5) is 0 Å². The third-order valence-electron chi connectivity index (χ3n) is 4.08. The van der Waals surface area contributed by atoms with Crippen molar-refractivity contribution in [3.63, 3.8) is 0 Å². The number of benzene rings is 1. The number of ether oxygens (including phenoxy) is 1. The second kappa shape index (κ2) is 10.8. The Hall–Kier alpha value is -1.92. The predicted molar refractivity (Wildman–Crippen MR) is 99.5 cm³/mol. The van der Waals surface area contributed by atoms with E-state index in [9.17, 15) is 9.59 Å². The normalized spacial score (nSPS) is 12.1. The van der Waals surface area contributed by atoms with E-state index in [1.54, 1.807) is 19.1 Å². The van der Waals surface area contributed by atoms with Crippen LogP contribution in [0.2, 0.25) is 0 Å². The molecule has 0 aliphatic rings. The first kappa shape index (κ1) is 21.1. The first-order chi connectivity index (χ1) is 11.8. The van der Waals surface area contributed by atoms with E-state index in [1.165, 1.54) is 11.1 Å². The average Bonchev–Trinajstić information content (AvgIpc) is 2.53. The number of hydrogen-bond donors (Lipinski definition) is 2. The molecule has 6 nitrogen and oxygen atoms in total. The van der Waals surface area contributed by atoms with E-state index in [4.69, 9.17) is 4.74 Å². The van der Waals surface area contributed by atoms with Gasteiger partial charge >= 0.3 is 0 Å². The maximum Gasteiger partial charge on any atom is 0.234 e. The molecule has 1 rings (SSSR count). The summed E-state index contributed by atoms with van der Waals surface area (Å²) in [4.78, 5) is 25.7. The molecule has 25 heavy (non-hydrogen) atoms. The molecule has 0 saturated heterocycles. The second-order valence-electron chi connectivity index (χ2n) is 6.50. The summed E-state index contributed by atoms with van der Waals surface area (Å²) in [6.45, 7) is 7.67. The lowest BCUT2D eigenvalue weighted by molar-refractivity contribution is -0.124. The number of likely N-dealkylation sites (N-methyl/N-ethyl adjacent to an activating group) is 1. The minimum Gasteiger partial charge on any atom is -0.385 e. The van der Waals surface area contributed by atoms with Gasteiger partial charge in [-0.25, -0.2) is 0 Å². The lowest BCUT2D eigenvalue weighted by atomic mass is 10.0. The summed E-state index contributed by atoms with van der Waals surface area (Å²) in [6.07, 6.45) is 0.778. The molecular formula is C19H31N3O3. The van der Waals surface area contributed by atoms with Gasteiger partial charge in [0.05, 0.1) is 19.1 Å². The zero-order valence-corrected chi connectivity index (χ0v) is 16.0. The van der Waals surface area contributed by atoms with Crippen LogP contribution in [0.1, 0.15) is 36.1 Å². The van der Waals surface area contributed by atoms with Crippen LogP contribution >= 0.6 is 0 Å². The van der Waals surface area contributed by atoms with Crippen molar-refractivity contribution in [2.75, 3.05) is 40.4 Å². The molecular weight excluding hydrogens is 318 g/mol. The molecule has 0 radical (unpaired) electrons. The number of rotatable bonds is 10. The monoisotopic (exact) mass is 349 g/mol. The van der Waals surface area contributed by atoms with Gasteiger partial charge in [0.2, 0.25) is 11.8 Å². The molecule has 0 aromatic heterocycles. The average molecular weight is 349 g/mol. The highest BCUT2D eigenvalue weighted by atomic mass is 16.5. The molecule has 2 amide bonds. The molecule has 0 bridgehead atoms. The number of carbonyl (C=O) groups is 2. The fourth-order valence-electron chi connectivity index (χ4n) is 2.45. The third kappa shape index (κ3) is 8.14. The Kier molecular flexibility index (Phi) is 9.16. The van der Waals surface area contributed by atoms with Gasteiger partial charge in [-0.2, -0.15) is 0 Å². The predicted octanol–water partition coefficient (Wildman–Crippen LogP) is 1.57. The Balaban J connectivity index is 2.37. The summed E-state index contributed by atoms with van der Waals surface area (Å²) in [5, 5.41) is 5.79. The maximum atomic E-state index is 12.2. The molecule has 2 N–H and O–H groups in total. The first-order valence-electron chi connectivity index (χ1n) is 8.64. The Morgan fingerprint density at radius 2 is 1.84 bits per heavy atom. The van der Waals surface area contributed by atoms with Gasteiger partial charge in [-0.1, -0.05) is 18.2 Å². The van der Waals surface area contributed by atoms with E-state index in [0.29, 0.717) is 13.2 Å². The highest BCUT2D eigenvalue weighted by Crippen LogP contribution is 2.16. The summed E-state index contributed by atoms with van der Waals surface area (Å²) >= 11 is 0. The Morgan fingerprint density at radius 1 is 1.16 bits per heavy atom. The zero-order chi connectivity index (χ0) is 18.8. The quantitative estimate of drug-likeness (QED) is 0.629. The highest BCUT2D eigenvalue weighted by Gasteiger charge is 2.14. The van der Waals surface area contributed by atoms with Crippen molar-refractivity contribution in [1.82, 2.24) is 15.5 Å². The lowest BCUT2D eigenvalue weighted by Gasteiger charge is -2.19. The third-order valence-corrected chi connectivity index (χ3v) is 4.08. The van der Waals surface area contributed by atoms with Gasteiger partial charge in [0.1, 0.15) is 0 Å². The Bertz CT molecular complexity index is 575. The topological polar surface area (TPSA) is 70.7 Å². The van der Waals surface area contributed by atoms with Gasteiger partial charge in [-0.3, -0.25) is 14.5 Å². The molecule has 1 aromatic carbocycles. The van der Waals surface area contributed by atoms with Crippen LogP contribution in [0.25, 0.3) is 0 Å². The Labute approximate surface area is 150 Å². The molecule has 0 aliphatic carbocycles. The van der Waals surface area contributed by atoms with Crippen molar-refractivity contribution < 1.29 is 14.3 Å². The standard InChI is InChI=1S/C19H31N3O3/c1-14-7-8-17(11-15(14)2)16(3)21-19(24)13-22(4)12-18(23)20-9-6-10-25-5/h7-8,11,16H,6,9-10,12-13H2,1-5H3,(H,20,23)(H,21,24). The van der Waals surface area contributed by atoms with Crippen molar-refractivity contribution in [2.45, 2.75) is 33.2 Å². The van der Waals surface area contributed by atoms with E-state index in [-0.39, 0.29) is 30.9 Å². The van der Waals surface area contributed by atoms with Crippen LogP contribution in [0, 0.1) is 13.8 Å². The van der Waals surface area contributed by atoms with Crippen LogP contribution in [-0.4, -0.2) is 57.1 Å². The van der Waals surface area contributed by atoms with Gasteiger partial charge < -0.3 is 15.4 Å². The van der Waals surface area contributed by atoms with E-state index in [0.717, 1.165) is 12.0 Å². The van der Waals surface area contributed by atoms with Gasteiger partial charge in [-0.05, 0) is 50.9 Å². The molecule has 6 heteroatoms. The van der Waals surface area contributed by atoms with Crippen LogP contribution in [-0.2, 0) is 14.3 Å². The number of nitrogens with one attached hydrogen (secondary N) is 2. The van der Waals surface area contributed by atoms with Crippen LogP contribution < -0.4 is 10.6 Å². The highest BCUT2D eigenvalue weighted by molar-refractivity contribution is 5.81. The SMILES string of the molecule is COCCCNC(=O)CN(C)CC(=O)NC(C)c1ccc(C)c(C)c1. The number of nitrogens with zero attached hydrogens (tertiary/aromatic N) is 1. The fourth-order valence-corrected chi connectivity index (χ4v) is 2.45. The van der Waals surface area contributed by atoms with Crippen molar-refractivity contribution in [3.8, 4) is 0 Å². The molecule has 0 saturated carbocycles. The Morgan fingerprint density at radius 3 is 2.48 bits per heavy atom. The molecule has 1 unspecified atom stereocenters. The number of amides is 2. The summed E-state index contributed by atoms with van der Waals surface area (Å²) in [5.74, 6) is -0.186. The molecule has 1 atom stereocenters. The smallest absolute Gasteiger partial charge is 0.234 e. The number of methoxy groups -OCH3 is 1. The van der Waals surface area contributed by atoms with Crippen LogP contribution in [0.5, 0.6) is 0 Å². The zero-order valence-electron chi connectivity index (χ0n) is 16.0. The van der Waals surface area contributed by atoms with Gasteiger partial charge in [0.15, 0.2) is 0 Å². The van der Waals surface area contributed by atoms with E-state index >= 15 is 0 Å². The largest absolute Gasteiger partial charge is 0.385 e. The van der Waals surface area contributed by atoms with Crippen molar-refractivity contribution in [3.05, 3.63) is 34.9 Å². The number of carbonyl (C=O) groups excluding carboxylic acids is 2. The number of hydrogen-bond acceptors (Lipinski definition) is 4. The van der Waals surface area contributed by atoms with Crippen LogP contribution in [0.15, 0.2) is 18.2 Å². The van der Waals surface area contributed by atoms with Crippen molar-refractivity contribution in [2.24, 2.45) is 0 Å². The van der Waals surface area contributed by atoms with Crippen molar-refractivity contribution >= 4 is 11.8 Å². The van der Waals surface area contributed by atoms with Crippen LogP contribution in [0.3, 0.4) is 0 Å².